The molecule has 0 aliphatic rings. The van der Waals surface area contributed by atoms with E-state index in [-0.39, 0.29) is 4.90 Å². The molecule has 0 radical (unpaired) electrons. The lowest BCUT2D eigenvalue weighted by Crippen LogP contribution is -2.03. The molecule has 0 saturated carbocycles. The van der Waals surface area contributed by atoms with Crippen molar-refractivity contribution in [3.8, 4) is 5.75 Å². The number of ether oxygens (including phenoxy) is 1. The highest BCUT2D eigenvalue weighted by molar-refractivity contribution is 9.10. The van der Waals surface area contributed by atoms with Crippen molar-refractivity contribution in [2.24, 2.45) is 0 Å². The van der Waals surface area contributed by atoms with Gasteiger partial charge >= 0.3 is 0 Å². The van der Waals surface area contributed by atoms with Gasteiger partial charge in [0.25, 0.3) is 9.05 Å². The second-order valence-electron chi connectivity index (χ2n) is 3.95. The van der Waals surface area contributed by atoms with E-state index < -0.39 is 9.05 Å². The fourth-order valence-electron chi connectivity index (χ4n) is 1.56. The van der Waals surface area contributed by atoms with Gasteiger partial charge in [0.2, 0.25) is 0 Å². The Morgan fingerprint density at radius 3 is 2.65 bits per heavy atom. The van der Waals surface area contributed by atoms with E-state index in [0.29, 0.717) is 23.2 Å². The molecule has 0 unspecified atom stereocenters. The van der Waals surface area contributed by atoms with Gasteiger partial charge in [-0.2, -0.15) is 0 Å². The average Bonchev–Trinajstić information content (AvgIpc) is 2.40. The van der Waals surface area contributed by atoms with Gasteiger partial charge in [-0.15, -0.1) is 0 Å². The second-order valence-corrected chi connectivity index (χ2v) is 7.37. The first-order chi connectivity index (χ1) is 9.47. The smallest absolute Gasteiger partial charge is 0.261 e. The zero-order chi connectivity index (χ0) is 14.6. The maximum Gasteiger partial charge on any atom is 0.261 e. The Kier molecular flexibility index (Phi) is 5.01. The topological polar surface area (TPSA) is 56.3 Å². The highest BCUT2D eigenvalue weighted by atomic mass is 79.9. The number of nitrogens with zero attached hydrogens (tertiary/aromatic N) is 1. The van der Waals surface area contributed by atoms with Crippen molar-refractivity contribution in [3.05, 3.63) is 52.8 Å². The summed E-state index contributed by atoms with van der Waals surface area (Å²) in [6, 6.07) is 10.1. The maximum absolute atomic E-state index is 11.2. The summed E-state index contributed by atoms with van der Waals surface area (Å²) in [6.45, 7) is 0.447. The van der Waals surface area contributed by atoms with E-state index >= 15 is 0 Å². The monoisotopic (exact) mass is 375 g/mol. The average molecular weight is 377 g/mol. The lowest BCUT2D eigenvalue weighted by Gasteiger charge is -2.08. The summed E-state index contributed by atoms with van der Waals surface area (Å²) in [5, 5.41) is 0. The van der Waals surface area contributed by atoms with Crippen LogP contribution in [0, 0.1) is 0 Å². The van der Waals surface area contributed by atoms with E-state index in [4.69, 9.17) is 15.4 Å². The van der Waals surface area contributed by atoms with Crippen LogP contribution in [0.15, 0.2) is 52.0 Å². The molecule has 2 rings (SSSR count). The zero-order valence-electron chi connectivity index (χ0n) is 10.3. The van der Waals surface area contributed by atoms with Gasteiger partial charge in [0.15, 0.2) is 0 Å². The molecule has 0 N–H and O–H groups in total. The number of benzene rings is 1. The van der Waals surface area contributed by atoms with Crippen molar-refractivity contribution in [3.63, 3.8) is 0 Å². The molecular weight excluding hydrogens is 366 g/mol. The van der Waals surface area contributed by atoms with Gasteiger partial charge in [-0.25, -0.2) is 8.42 Å². The molecule has 0 spiro atoms. The van der Waals surface area contributed by atoms with Gasteiger partial charge in [0.1, 0.15) is 5.75 Å². The van der Waals surface area contributed by atoms with E-state index in [1.54, 1.807) is 12.3 Å². The maximum atomic E-state index is 11.2. The zero-order valence-corrected chi connectivity index (χ0v) is 13.5. The van der Waals surface area contributed by atoms with E-state index in [9.17, 15) is 8.42 Å². The van der Waals surface area contributed by atoms with Crippen LogP contribution >= 0.6 is 26.6 Å². The molecule has 0 aliphatic carbocycles. The van der Waals surface area contributed by atoms with Crippen molar-refractivity contribution < 1.29 is 13.2 Å². The molecule has 0 fully saturated rings. The third kappa shape index (κ3) is 4.19. The Bertz CT molecular complexity index is 692. The number of hydrogen-bond acceptors (Lipinski definition) is 4. The molecule has 0 aliphatic heterocycles. The molecule has 0 saturated heterocycles. The quantitative estimate of drug-likeness (QED) is 0.751. The first-order valence-electron chi connectivity index (χ1n) is 5.74. The van der Waals surface area contributed by atoms with Crippen LogP contribution in [0.1, 0.15) is 5.69 Å². The molecule has 20 heavy (non-hydrogen) atoms. The minimum Gasteiger partial charge on any atom is -0.492 e. The molecule has 1 heterocycles. The highest BCUT2D eigenvalue weighted by Gasteiger charge is 2.12. The molecule has 7 heteroatoms. The number of pyridine rings is 1. The fourth-order valence-corrected chi connectivity index (χ4v) is 2.98. The molecule has 0 amide bonds. The van der Waals surface area contributed by atoms with Crippen LogP contribution in [0.3, 0.4) is 0 Å². The van der Waals surface area contributed by atoms with Gasteiger partial charge in [0.05, 0.1) is 16.0 Å². The Hall–Kier alpha value is -1.11. The molecular formula is C13H11BrClNO3S. The molecule has 106 valence electrons. The van der Waals surface area contributed by atoms with Crippen LogP contribution in [0.5, 0.6) is 5.75 Å². The summed E-state index contributed by atoms with van der Waals surface area (Å²) in [4.78, 5) is 4.22. The molecule has 0 bridgehead atoms. The first kappa shape index (κ1) is 15.3. The van der Waals surface area contributed by atoms with Crippen molar-refractivity contribution in [1.82, 2.24) is 4.98 Å². The SMILES string of the molecule is O=S(=O)(Cl)c1ccc(OCCc2ccccn2)c(Br)c1. The number of rotatable bonds is 5. The van der Waals surface area contributed by atoms with Gasteiger partial charge < -0.3 is 4.74 Å². The Labute approximate surface area is 130 Å². The van der Waals surface area contributed by atoms with Crippen molar-refractivity contribution >= 4 is 35.7 Å². The standard InChI is InChI=1S/C13H11BrClNO3S/c14-12-9-11(20(15,17)18)4-5-13(12)19-8-6-10-3-1-2-7-16-10/h1-5,7,9H,6,8H2. The predicted octanol–water partition coefficient (Wildman–Crippen LogP) is 3.39. The minimum absolute atomic E-state index is 0.0307. The summed E-state index contributed by atoms with van der Waals surface area (Å²) in [7, 11) is 1.54. The fraction of sp³-hybridized carbons (Fsp3) is 0.154. The molecule has 0 atom stereocenters. The van der Waals surface area contributed by atoms with E-state index in [1.165, 1.54) is 12.1 Å². The van der Waals surface area contributed by atoms with Crippen molar-refractivity contribution in [2.75, 3.05) is 6.61 Å². The Balaban J connectivity index is 2.00. The van der Waals surface area contributed by atoms with E-state index in [2.05, 4.69) is 20.9 Å². The molecule has 1 aromatic heterocycles. The van der Waals surface area contributed by atoms with Crippen molar-refractivity contribution in [2.45, 2.75) is 11.3 Å². The van der Waals surface area contributed by atoms with E-state index in [0.717, 1.165) is 5.69 Å². The van der Waals surface area contributed by atoms with Crippen molar-refractivity contribution in [1.29, 1.82) is 0 Å². The van der Waals surface area contributed by atoms with Crippen LogP contribution in [0.2, 0.25) is 0 Å². The summed E-state index contributed by atoms with van der Waals surface area (Å²) >= 11 is 3.26. The van der Waals surface area contributed by atoms with Crippen LogP contribution < -0.4 is 4.74 Å². The van der Waals surface area contributed by atoms with Crippen LogP contribution in [-0.4, -0.2) is 20.0 Å². The largest absolute Gasteiger partial charge is 0.492 e. The summed E-state index contributed by atoms with van der Waals surface area (Å²) < 4.78 is 28.5. The van der Waals surface area contributed by atoms with E-state index in [1.807, 2.05) is 18.2 Å². The second kappa shape index (κ2) is 6.56. The predicted molar refractivity (Wildman–Crippen MR) is 80.6 cm³/mol. The molecule has 4 nitrogen and oxygen atoms in total. The minimum atomic E-state index is -3.73. The molecule has 2 aromatic rings. The third-order valence-corrected chi connectivity index (χ3v) is 4.50. The molecule has 1 aromatic carbocycles. The first-order valence-corrected chi connectivity index (χ1v) is 8.84. The number of halogens is 2. The normalized spacial score (nSPS) is 11.3. The highest BCUT2D eigenvalue weighted by Crippen LogP contribution is 2.29. The van der Waals surface area contributed by atoms with Crippen LogP contribution in [0.25, 0.3) is 0 Å². The Morgan fingerprint density at radius 1 is 1.25 bits per heavy atom. The van der Waals surface area contributed by atoms with Gasteiger partial charge in [-0.1, -0.05) is 6.07 Å². The number of hydrogen-bond donors (Lipinski definition) is 0. The summed E-state index contributed by atoms with van der Waals surface area (Å²) in [5.41, 5.74) is 0.934. The lowest BCUT2D eigenvalue weighted by atomic mass is 10.3. The lowest BCUT2D eigenvalue weighted by molar-refractivity contribution is 0.318. The number of aromatic nitrogens is 1. The third-order valence-electron chi connectivity index (χ3n) is 2.53. The summed E-state index contributed by atoms with van der Waals surface area (Å²) in [5.74, 6) is 0.560. The van der Waals surface area contributed by atoms with Gasteiger partial charge in [0, 0.05) is 29.0 Å². The summed E-state index contributed by atoms with van der Waals surface area (Å²) in [6.07, 6.45) is 2.40. The van der Waals surface area contributed by atoms with Crippen LogP contribution in [-0.2, 0) is 15.5 Å². The Morgan fingerprint density at radius 2 is 2.05 bits per heavy atom. The van der Waals surface area contributed by atoms with Crippen LogP contribution in [0.4, 0.5) is 0 Å². The van der Waals surface area contributed by atoms with Gasteiger partial charge in [-0.05, 0) is 46.3 Å². The van der Waals surface area contributed by atoms with Gasteiger partial charge in [-0.3, -0.25) is 4.98 Å².